The summed E-state index contributed by atoms with van der Waals surface area (Å²) in [6.45, 7) is 4.55. The highest BCUT2D eigenvalue weighted by Crippen LogP contribution is 2.10. The number of rotatable bonds is 4. The Labute approximate surface area is 119 Å². The molecule has 0 aliphatic carbocycles. The maximum atomic E-state index is 12.1. The van der Waals surface area contributed by atoms with Gasteiger partial charge >= 0.3 is 0 Å². The summed E-state index contributed by atoms with van der Waals surface area (Å²) in [4.78, 5) is 12.1. The molecule has 3 heteroatoms. The van der Waals surface area contributed by atoms with Crippen LogP contribution in [0.3, 0.4) is 0 Å². The van der Waals surface area contributed by atoms with Gasteiger partial charge in [-0.3, -0.25) is 4.79 Å². The smallest absolute Gasteiger partial charge is 0.251 e. The molecule has 3 nitrogen and oxygen atoms in total. The Bertz CT molecular complexity index is 603. The molecule has 0 aromatic heterocycles. The Hall–Kier alpha value is -2.13. The molecule has 2 N–H and O–H groups in total. The van der Waals surface area contributed by atoms with E-state index in [2.05, 4.69) is 5.32 Å². The van der Waals surface area contributed by atoms with Crippen LogP contribution in [-0.4, -0.2) is 11.0 Å². The summed E-state index contributed by atoms with van der Waals surface area (Å²) < 4.78 is 0. The number of aliphatic hydroxyl groups excluding tert-OH is 1. The van der Waals surface area contributed by atoms with Crippen molar-refractivity contribution in [2.24, 2.45) is 0 Å². The fraction of sp³-hybridized carbons (Fsp3) is 0.235. The van der Waals surface area contributed by atoms with Crippen molar-refractivity contribution in [2.45, 2.75) is 27.0 Å². The lowest BCUT2D eigenvalue weighted by Crippen LogP contribution is -2.22. The van der Waals surface area contributed by atoms with Gasteiger partial charge in [0.05, 0.1) is 6.61 Å². The van der Waals surface area contributed by atoms with E-state index in [-0.39, 0.29) is 12.5 Å². The van der Waals surface area contributed by atoms with Crippen LogP contribution in [-0.2, 0) is 13.2 Å². The SMILES string of the molecule is Cc1ccc(C(=O)NCc2ccc(CO)cc2)cc1C. The third kappa shape index (κ3) is 3.45. The lowest BCUT2D eigenvalue weighted by molar-refractivity contribution is 0.0951. The molecule has 0 heterocycles. The molecule has 0 atom stereocenters. The van der Waals surface area contributed by atoms with E-state index in [4.69, 9.17) is 5.11 Å². The van der Waals surface area contributed by atoms with E-state index in [1.807, 2.05) is 56.3 Å². The van der Waals surface area contributed by atoms with Gasteiger partial charge in [0.25, 0.3) is 5.91 Å². The van der Waals surface area contributed by atoms with Crippen LogP contribution in [0.5, 0.6) is 0 Å². The Morgan fingerprint density at radius 2 is 1.65 bits per heavy atom. The van der Waals surface area contributed by atoms with Gasteiger partial charge in [0, 0.05) is 12.1 Å². The first kappa shape index (κ1) is 14.3. The van der Waals surface area contributed by atoms with Crippen molar-refractivity contribution in [3.05, 3.63) is 70.3 Å². The van der Waals surface area contributed by atoms with Crippen LogP contribution in [0.2, 0.25) is 0 Å². The van der Waals surface area contributed by atoms with E-state index in [0.29, 0.717) is 12.1 Å². The second kappa shape index (κ2) is 6.35. The third-order valence-electron chi connectivity index (χ3n) is 3.43. The van der Waals surface area contributed by atoms with Crippen LogP contribution in [0.1, 0.15) is 32.6 Å². The molecule has 104 valence electrons. The number of amides is 1. The standard InChI is InChI=1S/C17H19NO2/c1-12-3-8-16(9-13(12)2)17(20)18-10-14-4-6-15(11-19)7-5-14/h3-9,19H,10-11H2,1-2H3,(H,18,20). The minimum absolute atomic E-state index is 0.0370. The number of nitrogens with one attached hydrogen (secondary N) is 1. The van der Waals surface area contributed by atoms with E-state index < -0.39 is 0 Å². The van der Waals surface area contributed by atoms with Crippen molar-refractivity contribution in [3.8, 4) is 0 Å². The second-order valence-electron chi connectivity index (χ2n) is 4.96. The summed E-state index contributed by atoms with van der Waals surface area (Å²) in [5, 5.41) is 11.9. The lowest BCUT2D eigenvalue weighted by Gasteiger charge is -2.08. The van der Waals surface area contributed by atoms with Crippen molar-refractivity contribution in [1.29, 1.82) is 0 Å². The first-order chi connectivity index (χ1) is 9.60. The van der Waals surface area contributed by atoms with Gasteiger partial charge in [-0.1, -0.05) is 30.3 Å². The number of aryl methyl sites for hydroxylation is 2. The Balaban J connectivity index is 1.98. The molecule has 0 saturated heterocycles. The van der Waals surface area contributed by atoms with Crippen molar-refractivity contribution in [3.63, 3.8) is 0 Å². The molecule has 2 aromatic carbocycles. The number of aliphatic hydroxyl groups is 1. The maximum absolute atomic E-state index is 12.1. The molecule has 2 aromatic rings. The van der Waals surface area contributed by atoms with Crippen molar-refractivity contribution in [1.82, 2.24) is 5.32 Å². The van der Waals surface area contributed by atoms with Crippen LogP contribution >= 0.6 is 0 Å². The van der Waals surface area contributed by atoms with Crippen LogP contribution in [0.4, 0.5) is 0 Å². The summed E-state index contributed by atoms with van der Waals surface area (Å²) >= 11 is 0. The first-order valence-electron chi connectivity index (χ1n) is 6.64. The van der Waals surface area contributed by atoms with Crippen LogP contribution in [0.25, 0.3) is 0 Å². The van der Waals surface area contributed by atoms with E-state index >= 15 is 0 Å². The normalized spacial score (nSPS) is 10.3. The second-order valence-corrected chi connectivity index (χ2v) is 4.96. The number of benzene rings is 2. The number of hydrogen-bond acceptors (Lipinski definition) is 2. The number of carbonyl (C=O) groups excluding carboxylic acids is 1. The fourth-order valence-corrected chi connectivity index (χ4v) is 1.93. The minimum Gasteiger partial charge on any atom is -0.392 e. The molecule has 0 radical (unpaired) electrons. The monoisotopic (exact) mass is 269 g/mol. The van der Waals surface area contributed by atoms with E-state index in [1.165, 1.54) is 5.56 Å². The number of hydrogen-bond donors (Lipinski definition) is 2. The van der Waals surface area contributed by atoms with E-state index in [1.54, 1.807) is 0 Å². The van der Waals surface area contributed by atoms with E-state index in [0.717, 1.165) is 16.7 Å². The van der Waals surface area contributed by atoms with Crippen molar-refractivity contribution in [2.75, 3.05) is 0 Å². The molecule has 0 unspecified atom stereocenters. The Kier molecular flexibility index (Phi) is 4.53. The highest BCUT2D eigenvalue weighted by atomic mass is 16.3. The molecule has 2 rings (SSSR count). The van der Waals surface area contributed by atoms with Crippen LogP contribution in [0, 0.1) is 13.8 Å². The molecule has 0 saturated carbocycles. The molecule has 1 amide bonds. The zero-order chi connectivity index (χ0) is 14.5. The Morgan fingerprint density at radius 1 is 1.00 bits per heavy atom. The highest BCUT2D eigenvalue weighted by Gasteiger charge is 2.06. The van der Waals surface area contributed by atoms with Gasteiger partial charge in [-0.15, -0.1) is 0 Å². The van der Waals surface area contributed by atoms with Gasteiger partial charge < -0.3 is 10.4 Å². The predicted molar refractivity (Wildman–Crippen MR) is 79.5 cm³/mol. The topological polar surface area (TPSA) is 49.3 Å². The number of carbonyl (C=O) groups is 1. The van der Waals surface area contributed by atoms with Gasteiger partial charge in [-0.05, 0) is 48.2 Å². The lowest BCUT2D eigenvalue weighted by atomic mass is 10.1. The zero-order valence-corrected chi connectivity index (χ0v) is 11.8. The molecule has 0 bridgehead atoms. The quantitative estimate of drug-likeness (QED) is 0.896. The summed E-state index contributed by atoms with van der Waals surface area (Å²) in [6.07, 6.45) is 0. The first-order valence-corrected chi connectivity index (χ1v) is 6.64. The predicted octanol–water partition coefficient (Wildman–Crippen LogP) is 2.73. The molecule has 0 spiro atoms. The summed E-state index contributed by atoms with van der Waals surface area (Å²) in [5.41, 5.74) is 4.86. The maximum Gasteiger partial charge on any atom is 0.251 e. The minimum atomic E-state index is -0.0701. The van der Waals surface area contributed by atoms with Gasteiger partial charge in [-0.2, -0.15) is 0 Å². The molecule has 20 heavy (non-hydrogen) atoms. The molecular formula is C17H19NO2. The Morgan fingerprint density at radius 3 is 2.25 bits per heavy atom. The van der Waals surface area contributed by atoms with Crippen LogP contribution < -0.4 is 5.32 Å². The van der Waals surface area contributed by atoms with Gasteiger partial charge in [-0.25, -0.2) is 0 Å². The molecule has 0 aliphatic heterocycles. The largest absolute Gasteiger partial charge is 0.392 e. The van der Waals surface area contributed by atoms with Gasteiger partial charge in [0.2, 0.25) is 0 Å². The van der Waals surface area contributed by atoms with Gasteiger partial charge in [0.15, 0.2) is 0 Å². The summed E-state index contributed by atoms with van der Waals surface area (Å²) in [5.74, 6) is -0.0701. The zero-order valence-electron chi connectivity index (χ0n) is 11.8. The fourth-order valence-electron chi connectivity index (χ4n) is 1.93. The van der Waals surface area contributed by atoms with Crippen molar-refractivity contribution >= 4 is 5.91 Å². The highest BCUT2D eigenvalue weighted by molar-refractivity contribution is 5.94. The van der Waals surface area contributed by atoms with E-state index in [9.17, 15) is 4.79 Å². The average molecular weight is 269 g/mol. The molecule has 0 fully saturated rings. The third-order valence-corrected chi connectivity index (χ3v) is 3.43. The van der Waals surface area contributed by atoms with Crippen LogP contribution in [0.15, 0.2) is 42.5 Å². The average Bonchev–Trinajstić information content (AvgIpc) is 2.48. The van der Waals surface area contributed by atoms with Crippen molar-refractivity contribution < 1.29 is 9.90 Å². The van der Waals surface area contributed by atoms with Gasteiger partial charge in [0.1, 0.15) is 0 Å². The molecule has 0 aliphatic rings. The summed E-state index contributed by atoms with van der Waals surface area (Å²) in [7, 11) is 0. The molecular weight excluding hydrogens is 250 g/mol. The summed E-state index contributed by atoms with van der Waals surface area (Å²) in [6, 6.07) is 13.2.